The van der Waals surface area contributed by atoms with Crippen LogP contribution in [0.2, 0.25) is 0 Å². The molecule has 2 N–H and O–H groups in total. The fraction of sp³-hybridized carbons (Fsp3) is 0.182. The molecule has 0 fully saturated rings. The number of imidazole rings is 1. The molecule has 0 unspecified atom stereocenters. The van der Waals surface area contributed by atoms with E-state index in [9.17, 15) is 21.6 Å². The molecule has 0 radical (unpaired) electrons. The van der Waals surface area contributed by atoms with Crippen LogP contribution in [-0.2, 0) is 27.0 Å². The highest BCUT2D eigenvalue weighted by Gasteiger charge is 2.34. The van der Waals surface area contributed by atoms with Gasteiger partial charge in [-0.3, -0.25) is 4.18 Å². The van der Waals surface area contributed by atoms with Crippen molar-refractivity contribution in [2.24, 2.45) is 0 Å². The zero-order valence-corrected chi connectivity index (χ0v) is 19.5. The maximum Gasteiger partial charge on any atom is 0.417 e. The summed E-state index contributed by atoms with van der Waals surface area (Å²) in [5, 5.41) is 4.12. The summed E-state index contributed by atoms with van der Waals surface area (Å²) in [6.07, 6.45) is -3.22. The van der Waals surface area contributed by atoms with Gasteiger partial charge in [0.1, 0.15) is 0 Å². The number of fused-ring (bicyclic) bond motifs is 3. The van der Waals surface area contributed by atoms with Crippen molar-refractivity contribution in [2.75, 3.05) is 12.3 Å². The second kappa shape index (κ2) is 8.57. The van der Waals surface area contributed by atoms with Gasteiger partial charge >= 0.3 is 6.18 Å². The molecule has 0 aliphatic rings. The number of nitrogens with two attached hydrogens (primary N) is 1. The van der Waals surface area contributed by atoms with Crippen molar-refractivity contribution in [3.8, 4) is 11.4 Å². The molecule has 0 spiro atoms. The van der Waals surface area contributed by atoms with E-state index < -0.39 is 21.9 Å². The van der Waals surface area contributed by atoms with Crippen molar-refractivity contribution in [2.45, 2.75) is 24.5 Å². The zero-order valence-electron chi connectivity index (χ0n) is 18.6. The van der Waals surface area contributed by atoms with Crippen molar-refractivity contribution < 1.29 is 25.8 Å². The van der Waals surface area contributed by atoms with Crippen LogP contribution in [0.1, 0.15) is 11.1 Å². The molecule has 0 atom stereocenters. The number of anilines is 1. The maximum atomic E-state index is 13.5. The number of hydrogen-bond acceptors (Lipinski definition) is 8. The predicted molar refractivity (Wildman–Crippen MR) is 123 cm³/mol. The number of aromatic nitrogens is 6. The highest BCUT2D eigenvalue weighted by molar-refractivity contribution is 7.86. The van der Waals surface area contributed by atoms with Gasteiger partial charge in [0.25, 0.3) is 10.1 Å². The molecule has 3 heterocycles. The quantitative estimate of drug-likeness (QED) is 0.339. The minimum absolute atomic E-state index is 0.0304. The van der Waals surface area contributed by atoms with Gasteiger partial charge in [0.05, 0.1) is 29.9 Å². The summed E-state index contributed by atoms with van der Waals surface area (Å²) in [5.41, 5.74) is 6.41. The van der Waals surface area contributed by atoms with E-state index in [1.165, 1.54) is 41.2 Å². The summed E-state index contributed by atoms with van der Waals surface area (Å²) in [6.45, 7) is 1.68. The first-order chi connectivity index (χ1) is 17.0. The number of nitrogen functional groups attached to an aromatic ring is 1. The van der Waals surface area contributed by atoms with Crippen molar-refractivity contribution in [1.82, 2.24) is 29.1 Å². The molecule has 0 saturated heterocycles. The third-order valence-corrected chi connectivity index (χ3v) is 6.75. The number of nitrogens with zero attached hydrogens (tertiary/aromatic N) is 6. The van der Waals surface area contributed by atoms with Gasteiger partial charge in [-0.2, -0.15) is 31.1 Å². The van der Waals surface area contributed by atoms with E-state index in [0.717, 1.165) is 16.1 Å². The fourth-order valence-electron chi connectivity index (χ4n) is 3.65. The van der Waals surface area contributed by atoms with E-state index >= 15 is 0 Å². The molecule has 2 aromatic carbocycles. The molecule has 0 amide bonds. The van der Waals surface area contributed by atoms with Crippen LogP contribution in [0, 0.1) is 6.92 Å². The molecule has 36 heavy (non-hydrogen) atoms. The van der Waals surface area contributed by atoms with Gasteiger partial charge < -0.3 is 10.3 Å². The predicted octanol–water partition coefficient (Wildman–Crippen LogP) is 3.46. The number of hydrogen-bond donors (Lipinski definition) is 1. The fourth-order valence-corrected chi connectivity index (χ4v) is 4.55. The topological polar surface area (TPSA) is 130 Å². The van der Waals surface area contributed by atoms with Crippen LogP contribution in [0.5, 0.6) is 0 Å². The Bertz CT molecular complexity index is 1690. The number of rotatable bonds is 6. The number of halogens is 3. The van der Waals surface area contributed by atoms with Crippen LogP contribution in [-0.4, -0.2) is 44.2 Å². The maximum absolute atomic E-state index is 13.5. The van der Waals surface area contributed by atoms with Gasteiger partial charge in [0, 0.05) is 5.56 Å². The summed E-state index contributed by atoms with van der Waals surface area (Å²) < 4.78 is 73.0. The molecular weight excluding hydrogens is 499 g/mol. The molecule has 0 aliphatic carbocycles. The van der Waals surface area contributed by atoms with Crippen LogP contribution in [0.4, 0.5) is 19.1 Å². The Morgan fingerprint density at radius 2 is 1.75 bits per heavy atom. The highest BCUT2D eigenvalue weighted by atomic mass is 32.2. The Morgan fingerprint density at radius 3 is 2.47 bits per heavy atom. The first kappa shape index (κ1) is 23.7. The molecule has 3 aromatic heterocycles. The molecular formula is C22H18F3N7O3S. The summed E-state index contributed by atoms with van der Waals surface area (Å²) in [5.74, 6) is -0.318. The second-order valence-electron chi connectivity index (χ2n) is 7.88. The van der Waals surface area contributed by atoms with E-state index in [1.807, 2.05) is 6.92 Å². The lowest BCUT2D eigenvalue weighted by Gasteiger charge is -2.09. The Hall–Kier alpha value is -4.04. The van der Waals surface area contributed by atoms with Crippen LogP contribution in [0.3, 0.4) is 0 Å². The standard InChI is InChI=1S/C22H18F3N7O3S/c1-13-6-8-14(9-7-13)36(33,34)35-11-10-31-12-27-17-19(31)29-21(26)32-20(17)28-18(30-32)15-4-2-3-5-16(15)22(23,24)25/h2-9,12H,10-11H2,1H3,(H2,26,29). The molecule has 5 aromatic rings. The lowest BCUT2D eigenvalue weighted by atomic mass is 10.1. The molecule has 14 heteroatoms. The number of benzene rings is 2. The van der Waals surface area contributed by atoms with Crippen molar-refractivity contribution in [3.63, 3.8) is 0 Å². The first-order valence-corrected chi connectivity index (χ1v) is 12.0. The van der Waals surface area contributed by atoms with E-state index in [4.69, 9.17) is 9.92 Å². The molecule has 186 valence electrons. The van der Waals surface area contributed by atoms with Crippen molar-refractivity contribution in [1.29, 1.82) is 0 Å². The summed E-state index contributed by atoms with van der Waals surface area (Å²) in [6, 6.07) is 11.2. The van der Waals surface area contributed by atoms with E-state index in [2.05, 4.69) is 20.1 Å². The average Bonchev–Trinajstić information content (AvgIpc) is 3.44. The summed E-state index contributed by atoms with van der Waals surface area (Å²) in [4.78, 5) is 12.8. The van der Waals surface area contributed by atoms with E-state index in [1.54, 1.807) is 12.1 Å². The zero-order chi connectivity index (χ0) is 25.7. The molecule has 0 saturated carbocycles. The van der Waals surface area contributed by atoms with E-state index in [0.29, 0.717) is 0 Å². The van der Waals surface area contributed by atoms with Crippen LogP contribution in [0.25, 0.3) is 28.2 Å². The summed E-state index contributed by atoms with van der Waals surface area (Å²) >= 11 is 0. The van der Waals surface area contributed by atoms with Gasteiger partial charge in [-0.1, -0.05) is 35.9 Å². The van der Waals surface area contributed by atoms with Crippen molar-refractivity contribution >= 4 is 32.9 Å². The van der Waals surface area contributed by atoms with Gasteiger partial charge in [0.2, 0.25) is 5.95 Å². The Morgan fingerprint density at radius 1 is 1.03 bits per heavy atom. The smallest absolute Gasteiger partial charge is 0.368 e. The number of aryl methyl sites for hydroxylation is 1. The normalized spacial score (nSPS) is 12.6. The SMILES string of the molecule is Cc1ccc(S(=O)(=O)OCCn2cnc3c2nc(N)n2nc(-c4ccccc4C(F)(F)F)nc32)cc1. The molecule has 5 rings (SSSR count). The van der Waals surface area contributed by atoms with E-state index in [-0.39, 0.29) is 52.2 Å². The van der Waals surface area contributed by atoms with Gasteiger partial charge in [-0.25, -0.2) is 9.97 Å². The van der Waals surface area contributed by atoms with Crippen LogP contribution in [0.15, 0.2) is 59.8 Å². The molecule has 0 bridgehead atoms. The Labute approximate surface area is 202 Å². The lowest BCUT2D eigenvalue weighted by molar-refractivity contribution is -0.137. The Kier molecular flexibility index (Phi) is 5.64. The molecule has 10 nitrogen and oxygen atoms in total. The highest BCUT2D eigenvalue weighted by Crippen LogP contribution is 2.36. The van der Waals surface area contributed by atoms with Gasteiger partial charge in [0.15, 0.2) is 22.6 Å². The third kappa shape index (κ3) is 4.24. The monoisotopic (exact) mass is 517 g/mol. The first-order valence-electron chi connectivity index (χ1n) is 10.5. The van der Waals surface area contributed by atoms with Crippen LogP contribution < -0.4 is 5.73 Å². The number of alkyl halides is 3. The average molecular weight is 517 g/mol. The second-order valence-corrected chi connectivity index (χ2v) is 9.50. The third-order valence-electron chi connectivity index (χ3n) is 5.42. The minimum atomic E-state index is -4.60. The Balaban J connectivity index is 1.46. The largest absolute Gasteiger partial charge is 0.417 e. The van der Waals surface area contributed by atoms with Crippen LogP contribution >= 0.6 is 0 Å². The lowest BCUT2D eigenvalue weighted by Crippen LogP contribution is -2.12. The molecule has 0 aliphatic heterocycles. The minimum Gasteiger partial charge on any atom is -0.368 e. The van der Waals surface area contributed by atoms with Gasteiger partial charge in [-0.15, -0.1) is 5.10 Å². The van der Waals surface area contributed by atoms with Gasteiger partial charge in [-0.05, 0) is 25.1 Å². The summed E-state index contributed by atoms with van der Waals surface area (Å²) in [7, 11) is -3.97. The van der Waals surface area contributed by atoms with Crippen molar-refractivity contribution in [3.05, 3.63) is 66.0 Å².